The van der Waals surface area contributed by atoms with Crippen molar-refractivity contribution in [2.45, 2.75) is 6.92 Å². The first-order valence-corrected chi connectivity index (χ1v) is 6.19. The number of nitro groups is 1. The summed E-state index contributed by atoms with van der Waals surface area (Å²) in [6, 6.07) is 5.38. The molecule has 0 heterocycles. The molecule has 8 heteroatoms. The Kier molecular flexibility index (Phi) is 6.12. The van der Waals surface area contributed by atoms with E-state index in [1.54, 1.807) is 6.92 Å². The van der Waals surface area contributed by atoms with Gasteiger partial charge in [0.2, 0.25) is 0 Å². The molecule has 1 aromatic rings. The Morgan fingerprint density at radius 3 is 2.38 bits per heavy atom. The third kappa shape index (κ3) is 5.09. The predicted octanol–water partition coefficient (Wildman–Crippen LogP) is 0.995. The number of carbonyl (C=O) groups is 2. The summed E-state index contributed by atoms with van der Waals surface area (Å²) in [5.74, 6) is -0.551. The van der Waals surface area contributed by atoms with Gasteiger partial charge in [0.05, 0.1) is 12.0 Å². The molecule has 0 N–H and O–H groups in total. The number of hydrogen-bond acceptors (Lipinski definition) is 6. The molecule has 0 aliphatic rings. The molecule has 0 radical (unpaired) electrons. The van der Waals surface area contributed by atoms with E-state index in [1.165, 1.54) is 36.3 Å². The fraction of sp³-hybridized carbons (Fsp3) is 0.385. The van der Waals surface area contributed by atoms with Gasteiger partial charge >= 0.3 is 5.97 Å². The molecule has 0 atom stereocenters. The van der Waals surface area contributed by atoms with Gasteiger partial charge < -0.3 is 14.4 Å². The number of rotatable bonds is 7. The number of nitro benzene ring substituents is 1. The maximum atomic E-state index is 11.9. The van der Waals surface area contributed by atoms with Crippen LogP contribution in [0.4, 0.5) is 5.69 Å². The Labute approximate surface area is 121 Å². The predicted molar refractivity (Wildman–Crippen MR) is 72.9 cm³/mol. The fourth-order valence-electron chi connectivity index (χ4n) is 1.50. The first-order valence-electron chi connectivity index (χ1n) is 6.19. The molecule has 1 aromatic carbocycles. The molecular formula is C13H16N2O6. The number of ether oxygens (including phenoxy) is 2. The number of benzene rings is 1. The first kappa shape index (κ1) is 16.4. The minimum atomic E-state index is -0.524. The molecule has 0 saturated heterocycles. The number of amides is 1. The van der Waals surface area contributed by atoms with Gasteiger partial charge in [0.15, 0.2) is 6.61 Å². The molecule has 0 unspecified atom stereocenters. The number of esters is 1. The van der Waals surface area contributed by atoms with Crippen LogP contribution in [0.5, 0.6) is 5.75 Å². The van der Waals surface area contributed by atoms with E-state index in [4.69, 9.17) is 4.74 Å². The molecule has 0 fully saturated rings. The highest BCUT2D eigenvalue weighted by Crippen LogP contribution is 2.17. The van der Waals surface area contributed by atoms with E-state index in [-0.39, 0.29) is 24.7 Å². The highest BCUT2D eigenvalue weighted by Gasteiger charge is 2.16. The maximum Gasteiger partial charge on any atom is 0.325 e. The normalized spacial score (nSPS) is 9.81. The second-order valence-electron chi connectivity index (χ2n) is 4.02. The fourth-order valence-corrected chi connectivity index (χ4v) is 1.50. The number of non-ortho nitro benzene ring substituents is 1. The molecule has 0 spiro atoms. The molecule has 8 nitrogen and oxygen atoms in total. The summed E-state index contributed by atoms with van der Waals surface area (Å²) < 4.78 is 9.73. The van der Waals surface area contributed by atoms with Crippen molar-refractivity contribution in [3.63, 3.8) is 0 Å². The molecule has 0 saturated carbocycles. The van der Waals surface area contributed by atoms with Crippen LogP contribution in [0.1, 0.15) is 6.92 Å². The van der Waals surface area contributed by atoms with Crippen LogP contribution < -0.4 is 4.74 Å². The summed E-state index contributed by atoms with van der Waals surface area (Å²) in [6.45, 7) is 1.67. The second kappa shape index (κ2) is 7.83. The highest BCUT2D eigenvalue weighted by atomic mass is 16.6. The summed E-state index contributed by atoms with van der Waals surface area (Å²) in [5, 5.41) is 10.5. The smallest absolute Gasteiger partial charge is 0.325 e. The largest absolute Gasteiger partial charge is 0.484 e. The Bertz CT molecular complexity index is 514. The van der Waals surface area contributed by atoms with E-state index in [2.05, 4.69) is 4.74 Å². The second-order valence-corrected chi connectivity index (χ2v) is 4.02. The topological polar surface area (TPSA) is 99.0 Å². The lowest BCUT2D eigenvalue weighted by molar-refractivity contribution is -0.384. The average Bonchev–Trinajstić information content (AvgIpc) is 2.50. The van der Waals surface area contributed by atoms with Gasteiger partial charge in [0.1, 0.15) is 12.3 Å². The zero-order valence-corrected chi connectivity index (χ0v) is 11.8. The average molecular weight is 296 g/mol. The Balaban J connectivity index is 2.54. The van der Waals surface area contributed by atoms with Gasteiger partial charge in [-0.3, -0.25) is 19.7 Å². The number of likely N-dealkylation sites (N-methyl/N-ethyl adjacent to an activating group) is 1. The molecule has 0 aliphatic heterocycles. The molecule has 0 aromatic heterocycles. The standard InChI is InChI=1S/C13H16N2O6/c1-3-14(8-13(17)20-2)12(16)9-21-11-6-4-10(5-7-11)15(18)19/h4-7H,3,8-9H2,1-2H3. The molecule has 114 valence electrons. The van der Waals surface area contributed by atoms with Crippen LogP contribution in [0.2, 0.25) is 0 Å². The van der Waals surface area contributed by atoms with Crippen molar-refractivity contribution >= 4 is 17.6 Å². The summed E-state index contributed by atoms with van der Waals surface area (Å²) in [5.41, 5.74) is -0.0606. The molecule has 21 heavy (non-hydrogen) atoms. The van der Waals surface area contributed by atoms with Crippen LogP contribution in [0.3, 0.4) is 0 Å². The van der Waals surface area contributed by atoms with E-state index >= 15 is 0 Å². The summed E-state index contributed by atoms with van der Waals surface area (Å²) in [7, 11) is 1.24. The Morgan fingerprint density at radius 2 is 1.90 bits per heavy atom. The van der Waals surface area contributed by atoms with E-state index in [0.29, 0.717) is 12.3 Å². The van der Waals surface area contributed by atoms with Crippen LogP contribution >= 0.6 is 0 Å². The maximum absolute atomic E-state index is 11.9. The monoisotopic (exact) mass is 296 g/mol. The summed E-state index contributed by atoms with van der Waals surface area (Å²) in [6.07, 6.45) is 0. The van der Waals surface area contributed by atoms with E-state index in [0.717, 1.165) is 0 Å². The zero-order chi connectivity index (χ0) is 15.8. The van der Waals surface area contributed by atoms with Gasteiger partial charge in [-0.1, -0.05) is 0 Å². The van der Waals surface area contributed by atoms with Gasteiger partial charge in [-0.05, 0) is 19.1 Å². The van der Waals surface area contributed by atoms with Crippen molar-refractivity contribution in [1.82, 2.24) is 4.90 Å². The molecule has 0 bridgehead atoms. The number of methoxy groups -OCH3 is 1. The van der Waals surface area contributed by atoms with Gasteiger partial charge in [0, 0.05) is 18.7 Å². The molecular weight excluding hydrogens is 280 g/mol. The lowest BCUT2D eigenvalue weighted by atomic mass is 10.3. The van der Waals surface area contributed by atoms with Crippen molar-refractivity contribution in [2.75, 3.05) is 26.8 Å². The summed E-state index contributed by atoms with van der Waals surface area (Å²) in [4.78, 5) is 34.3. The third-order valence-corrected chi connectivity index (χ3v) is 2.69. The quantitative estimate of drug-likeness (QED) is 0.423. The van der Waals surface area contributed by atoms with Crippen LogP contribution in [-0.4, -0.2) is 48.5 Å². The summed E-state index contributed by atoms with van der Waals surface area (Å²) >= 11 is 0. The minimum absolute atomic E-state index is 0.0606. The van der Waals surface area contributed by atoms with E-state index < -0.39 is 10.9 Å². The van der Waals surface area contributed by atoms with E-state index in [1.807, 2.05) is 0 Å². The van der Waals surface area contributed by atoms with E-state index in [9.17, 15) is 19.7 Å². The van der Waals surface area contributed by atoms with Crippen molar-refractivity contribution in [3.8, 4) is 5.75 Å². The van der Waals surface area contributed by atoms with Crippen LogP contribution in [-0.2, 0) is 14.3 Å². The first-order chi connectivity index (χ1) is 9.97. The third-order valence-electron chi connectivity index (χ3n) is 2.69. The molecule has 1 rings (SSSR count). The zero-order valence-electron chi connectivity index (χ0n) is 11.8. The number of hydrogen-bond donors (Lipinski definition) is 0. The number of nitrogens with zero attached hydrogens (tertiary/aromatic N) is 2. The lowest BCUT2D eigenvalue weighted by Gasteiger charge is -2.19. The highest BCUT2D eigenvalue weighted by molar-refractivity contribution is 5.83. The minimum Gasteiger partial charge on any atom is -0.484 e. The molecule has 1 amide bonds. The van der Waals surface area contributed by atoms with Crippen molar-refractivity contribution in [2.24, 2.45) is 0 Å². The van der Waals surface area contributed by atoms with Crippen molar-refractivity contribution in [1.29, 1.82) is 0 Å². The van der Waals surface area contributed by atoms with Gasteiger partial charge in [-0.2, -0.15) is 0 Å². The van der Waals surface area contributed by atoms with Gasteiger partial charge in [-0.15, -0.1) is 0 Å². The van der Waals surface area contributed by atoms with Gasteiger partial charge in [-0.25, -0.2) is 0 Å². The number of carbonyl (C=O) groups excluding carboxylic acids is 2. The Hall–Kier alpha value is -2.64. The van der Waals surface area contributed by atoms with Crippen LogP contribution in [0.25, 0.3) is 0 Å². The van der Waals surface area contributed by atoms with Crippen molar-refractivity contribution < 1.29 is 24.0 Å². The Morgan fingerprint density at radius 1 is 1.29 bits per heavy atom. The lowest BCUT2D eigenvalue weighted by Crippen LogP contribution is -2.38. The van der Waals surface area contributed by atoms with Gasteiger partial charge in [0.25, 0.3) is 11.6 Å². The van der Waals surface area contributed by atoms with Crippen molar-refractivity contribution in [3.05, 3.63) is 34.4 Å². The van der Waals surface area contributed by atoms with Crippen LogP contribution in [0, 0.1) is 10.1 Å². The molecule has 0 aliphatic carbocycles. The SMILES string of the molecule is CCN(CC(=O)OC)C(=O)COc1ccc([N+](=O)[O-])cc1. The van der Waals surface area contributed by atoms with Crippen LogP contribution in [0.15, 0.2) is 24.3 Å².